The van der Waals surface area contributed by atoms with Gasteiger partial charge in [-0.3, -0.25) is 34.0 Å². The van der Waals surface area contributed by atoms with Crippen molar-refractivity contribution in [1.29, 1.82) is 0 Å². The zero-order valence-electron chi connectivity index (χ0n) is 38.1. The number of nitrogens with one attached hydrogen (secondary N) is 2. The number of ether oxygens (including phenoxy) is 2. The molecule has 4 aliphatic heterocycles. The normalized spacial score (nSPS) is 21.9. The van der Waals surface area contributed by atoms with Gasteiger partial charge >= 0.3 is 5.97 Å². The van der Waals surface area contributed by atoms with Crippen molar-refractivity contribution in [3.8, 4) is 22.4 Å². The lowest BCUT2D eigenvalue weighted by Gasteiger charge is -2.46. The van der Waals surface area contributed by atoms with E-state index in [1.54, 1.807) is 23.1 Å². The zero-order chi connectivity index (χ0) is 45.7. The molecule has 2 aromatic carbocycles. The summed E-state index contributed by atoms with van der Waals surface area (Å²) in [6.07, 6.45) is 5.08. The van der Waals surface area contributed by atoms with Crippen molar-refractivity contribution >= 4 is 40.5 Å². The molecule has 0 radical (unpaired) electrons. The molecule has 1 spiro atoms. The molecule has 4 aromatic rings. The maximum absolute atomic E-state index is 14.7. The SMILES string of the molecule is C=CC(=O)N1CC2(CCN(C(C(=O)N[C@H]3Cc4cccc(c4)-c4ccc5c(c4)c(c(-c4cccnc4[C@H](C)OC)n5C)CC(C)(C)COC(=O)[C@@H]4CCCN(N4)C3=O)C(C)C)C2=O)C1. The fourth-order valence-corrected chi connectivity index (χ4v) is 10.2. The Morgan fingerprint density at radius 3 is 2.53 bits per heavy atom. The molecule has 338 valence electrons. The van der Waals surface area contributed by atoms with Crippen molar-refractivity contribution in [3.63, 3.8) is 0 Å². The van der Waals surface area contributed by atoms with Crippen LogP contribution in [0, 0.1) is 16.7 Å². The van der Waals surface area contributed by atoms with E-state index in [1.807, 2.05) is 39.0 Å². The highest BCUT2D eigenvalue weighted by molar-refractivity contribution is 5.98. The van der Waals surface area contributed by atoms with Gasteiger partial charge in [-0.1, -0.05) is 64.6 Å². The van der Waals surface area contributed by atoms with Crippen molar-refractivity contribution in [2.75, 3.05) is 39.9 Å². The number of cyclic esters (lactones) is 1. The molecule has 8 rings (SSSR count). The third kappa shape index (κ3) is 8.33. The first-order valence-corrected chi connectivity index (χ1v) is 22.5. The molecule has 4 amide bonds. The summed E-state index contributed by atoms with van der Waals surface area (Å²) in [6.45, 7) is 15.0. The van der Waals surface area contributed by atoms with Gasteiger partial charge in [-0.25, -0.2) is 5.43 Å². The Kier molecular flexibility index (Phi) is 12.3. The van der Waals surface area contributed by atoms with E-state index in [2.05, 4.69) is 79.2 Å². The van der Waals surface area contributed by atoms with Crippen molar-refractivity contribution in [2.45, 2.75) is 91.0 Å². The van der Waals surface area contributed by atoms with Crippen molar-refractivity contribution in [3.05, 3.63) is 90.3 Å². The quantitative estimate of drug-likeness (QED) is 0.172. The number of likely N-dealkylation sites (tertiary alicyclic amines) is 2. The van der Waals surface area contributed by atoms with Gasteiger partial charge in [0.15, 0.2) is 0 Å². The summed E-state index contributed by atoms with van der Waals surface area (Å²) in [5.74, 6) is -1.92. The molecule has 6 bridgehead atoms. The molecular formula is C50H61N7O7. The molecule has 6 heterocycles. The van der Waals surface area contributed by atoms with Crippen LogP contribution in [-0.2, 0) is 53.3 Å². The number of benzene rings is 2. The third-order valence-corrected chi connectivity index (χ3v) is 13.7. The largest absolute Gasteiger partial charge is 0.464 e. The summed E-state index contributed by atoms with van der Waals surface area (Å²) >= 11 is 0. The molecule has 14 nitrogen and oxygen atoms in total. The number of amides is 4. The van der Waals surface area contributed by atoms with Gasteiger partial charge in [-0.2, -0.15) is 0 Å². The Hall–Kier alpha value is -5.86. The molecule has 1 unspecified atom stereocenters. The Balaban J connectivity index is 1.17. The van der Waals surface area contributed by atoms with Gasteiger partial charge in [0.05, 0.1) is 29.5 Å². The minimum atomic E-state index is -1.03. The highest BCUT2D eigenvalue weighted by atomic mass is 16.5. The van der Waals surface area contributed by atoms with Crippen LogP contribution in [-0.4, -0.2) is 112 Å². The van der Waals surface area contributed by atoms with Crippen molar-refractivity contribution in [1.82, 2.24) is 35.1 Å². The fraction of sp³-hybridized carbons (Fsp3) is 0.480. The lowest BCUT2D eigenvalue weighted by atomic mass is 9.78. The first-order valence-electron chi connectivity index (χ1n) is 22.5. The van der Waals surface area contributed by atoms with Gasteiger partial charge in [-0.15, -0.1) is 0 Å². The van der Waals surface area contributed by atoms with Gasteiger partial charge in [-0.05, 0) is 91.1 Å². The maximum atomic E-state index is 14.7. The number of esters is 1. The minimum Gasteiger partial charge on any atom is -0.464 e. The van der Waals surface area contributed by atoms with E-state index in [1.165, 1.54) is 11.1 Å². The summed E-state index contributed by atoms with van der Waals surface area (Å²) in [5, 5.41) is 5.59. The lowest BCUT2D eigenvalue weighted by molar-refractivity contribution is -0.156. The first-order chi connectivity index (χ1) is 30.5. The van der Waals surface area contributed by atoms with E-state index in [0.717, 1.165) is 50.1 Å². The molecule has 2 N–H and O–H groups in total. The topological polar surface area (TPSA) is 155 Å². The van der Waals surface area contributed by atoms with E-state index in [0.29, 0.717) is 38.8 Å². The summed E-state index contributed by atoms with van der Waals surface area (Å²) in [4.78, 5) is 77.4. The number of methoxy groups -OCH3 is 1. The molecule has 2 aromatic heterocycles. The smallest absolute Gasteiger partial charge is 0.324 e. The van der Waals surface area contributed by atoms with Gasteiger partial charge in [0.25, 0.3) is 5.91 Å². The first kappa shape index (κ1) is 44.7. The van der Waals surface area contributed by atoms with Gasteiger partial charge in [0.1, 0.15) is 18.1 Å². The standard InChI is InChI=1S/C50H61N7O7/c1-9-41(58)55-27-50(28-55)19-22-56(48(50)62)43(30(2)3)45(59)52-39-24-32-13-10-14-33(23-32)34-17-18-40-36(25-34)37(44(54(40)7)35-15-11-20-51-42(35)31(4)63-8)26-49(5,6)29-64-47(61)38-16-12-21-57(53-38)46(39)60/h9-11,13-15,17-18,20,23,25,30-31,38-39,43,53H,1,12,16,19,21-22,24,26-29H2,2-8H3,(H,52,59)/t31-,38-,39-,43?/m0/s1. The van der Waals surface area contributed by atoms with E-state index in [9.17, 15) is 24.0 Å². The predicted octanol–water partition coefficient (Wildman–Crippen LogP) is 5.53. The van der Waals surface area contributed by atoms with E-state index in [4.69, 9.17) is 14.5 Å². The number of rotatable bonds is 8. The van der Waals surface area contributed by atoms with Crippen LogP contribution in [0.3, 0.4) is 0 Å². The average Bonchev–Trinajstić information content (AvgIpc) is 3.75. The summed E-state index contributed by atoms with van der Waals surface area (Å²) in [5.41, 5.74) is 9.65. The van der Waals surface area contributed by atoms with Crippen LogP contribution < -0.4 is 10.7 Å². The van der Waals surface area contributed by atoms with Gasteiger partial charge in [0.2, 0.25) is 17.7 Å². The number of nitrogens with zero attached hydrogens (tertiary/aromatic N) is 5. The fourth-order valence-electron chi connectivity index (χ4n) is 10.2. The summed E-state index contributed by atoms with van der Waals surface area (Å²) in [6, 6.07) is 15.9. The van der Waals surface area contributed by atoms with Crippen LogP contribution in [0.2, 0.25) is 0 Å². The highest BCUT2D eigenvalue weighted by Gasteiger charge is 2.57. The zero-order valence-corrected chi connectivity index (χ0v) is 38.1. The predicted molar refractivity (Wildman–Crippen MR) is 243 cm³/mol. The Labute approximate surface area is 375 Å². The third-order valence-electron chi connectivity index (χ3n) is 13.7. The number of hydrazine groups is 1. The van der Waals surface area contributed by atoms with Crippen molar-refractivity contribution in [2.24, 2.45) is 23.8 Å². The molecular weight excluding hydrogens is 811 g/mol. The Bertz CT molecular complexity index is 2500. The molecule has 4 aliphatic rings. The molecule has 0 saturated carbocycles. The number of pyridine rings is 1. The Morgan fingerprint density at radius 1 is 1.03 bits per heavy atom. The number of aryl methyl sites for hydroxylation is 1. The maximum Gasteiger partial charge on any atom is 0.324 e. The van der Waals surface area contributed by atoms with Gasteiger partial charge in [0, 0.05) is 74.8 Å². The van der Waals surface area contributed by atoms with E-state index in [-0.39, 0.29) is 55.9 Å². The monoisotopic (exact) mass is 871 g/mol. The second kappa shape index (κ2) is 17.6. The Morgan fingerprint density at radius 2 is 1.80 bits per heavy atom. The molecule has 14 heteroatoms. The van der Waals surface area contributed by atoms with Gasteiger partial charge < -0.3 is 29.2 Å². The molecule has 3 fully saturated rings. The van der Waals surface area contributed by atoms with E-state index < -0.39 is 40.8 Å². The van der Waals surface area contributed by atoms with Crippen LogP contribution in [0.15, 0.2) is 73.4 Å². The second-order valence-corrected chi connectivity index (χ2v) is 19.3. The molecule has 0 aliphatic carbocycles. The summed E-state index contributed by atoms with van der Waals surface area (Å²) in [7, 11) is 3.75. The molecule has 4 atom stereocenters. The highest BCUT2D eigenvalue weighted by Crippen LogP contribution is 2.43. The number of aromatic nitrogens is 2. The van der Waals surface area contributed by atoms with Crippen LogP contribution in [0.25, 0.3) is 33.3 Å². The number of hydrogen-bond donors (Lipinski definition) is 2. The van der Waals surface area contributed by atoms with Crippen LogP contribution in [0.5, 0.6) is 0 Å². The average molecular weight is 872 g/mol. The number of fused-ring (bicyclic) bond motifs is 6. The minimum absolute atomic E-state index is 0.137. The lowest BCUT2D eigenvalue weighted by Crippen LogP contribution is -2.64. The van der Waals surface area contributed by atoms with E-state index >= 15 is 0 Å². The molecule has 64 heavy (non-hydrogen) atoms. The molecule has 3 saturated heterocycles. The van der Waals surface area contributed by atoms with Crippen LogP contribution in [0.1, 0.15) is 76.8 Å². The second-order valence-electron chi connectivity index (χ2n) is 19.3. The van der Waals surface area contributed by atoms with Crippen LogP contribution in [0.4, 0.5) is 0 Å². The number of hydrogen-bond acceptors (Lipinski definition) is 9. The number of carbonyl (C=O) groups is 5. The van der Waals surface area contributed by atoms with Crippen LogP contribution >= 0.6 is 0 Å². The van der Waals surface area contributed by atoms with Crippen molar-refractivity contribution < 1.29 is 33.4 Å². The number of carbonyl (C=O) groups excluding carboxylic acids is 5. The summed E-state index contributed by atoms with van der Waals surface area (Å²) < 4.78 is 14.1.